The summed E-state index contributed by atoms with van der Waals surface area (Å²) >= 11 is 0. The maximum absolute atomic E-state index is 11.6. The Balaban J connectivity index is 1.40. The van der Waals surface area contributed by atoms with E-state index in [2.05, 4.69) is 25.7 Å². The molecular weight excluding hydrogens is 350 g/mol. The number of aromatic amines is 1. The highest BCUT2D eigenvalue weighted by molar-refractivity contribution is 5.89. The molecule has 0 amide bonds. The SMILES string of the molecule is COC(=O)c1cccc(OCc2noc(-c3cc(C4CCNC4)[nH]n3)n2)c1. The van der Waals surface area contributed by atoms with Gasteiger partial charge < -0.3 is 19.3 Å². The van der Waals surface area contributed by atoms with Crippen molar-refractivity contribution in [3.63, 3.8) is 0 Å². The van der Waals surface area contributed by atoms with Crippen LogP contribution in [0.15, 0.2) is 34.9 Å². The first-order valence-electron chi connectivity index (χ1n) is 8.63. The number of hydrogen-bond acceptors (Lipinski definition) is 8. The fraction of sp³-hybridized carbons (Fsp3) is 0.333. The number of carbonyl (C=O) groups is 1. The van der Waals surface area contributed by atoms with Gasteiger partial charge >= 0.3 is 5.97 Å². The van der Waals surface area contributed by atoms with E-state index in [0.717, 1.165) is 25.2 Å². The summed E-state index contributed by atoms with van der Waals surface area (Å²) in [5.41, 5.74) is 2.09. The second kappa shape index (κ2) is 7.58. The molecule has 3 heterocycles. The van der Waals surface area contributed by atoms with Gasteiger partial charge in [-0.2, -0.15) is 10.1 Å². The number of rotatable bonds is 6. The lowest BCUT2D eigenvalue weighted by molar-refractivity contribution is 0.0600. The van der Waals surface area contributed by atoms with E-state index in [1.807, 2.05) is 6.07 Å². The number of nitrogens with zero attached hydrogens (tertiary/aromatic N) is 3. The summed E-state index contributed by atoms with van der Waals surface area (Å²) in [6.07, 6.45) is 1.08. The van der Waals surface area contributed by atoms with Gasteiger partial charge in [0.05, 0.1) is 12.7 Å². The van der Waals surface area contributed by atoms with Gasteiger partial charge in [0.15, 0.2) is 12.3 Å². The summed E-state index contributed by atoms with van der Waals surface area (Å²) in [6.45, 7) is 2.06. The van der Waals surface area contributed by atoms with E-state index in [0.29, 0.717) is 34.6 Å². The lowest BCUT2D eigenvalue weighted by Gasteiger charge is -2.04. The van der Waals surface area contributed by atoms with Crippen LogP contribution in [0.4, 0.5) is 0 Å². The van der Waals surface area contributed by atoms with Crippen LogP contribution in [-0.4, -0.2) is 46.5 Å². The van der Waals surface area contributed by atoms with Crippen molar-refractivity contribution in [2.24, 2.45) is 0 Å². The number of hydrogen-bond donors (Lipinski definition) is 2. The lowest BCUT2D eigenvalue weighted by Crippen LogP contribution is -2.08. The number of ether oxygens (including phenoxy) is 2. The zero-order valence-electron chi connectivity index (χ0n) is 14.8. The largest absolute Gasteiger partial charge is 0.485 e. The van der Waals surface area contributed by atoms with E-state index in [9.17, 15) is 4.79 Å². The fourth-order valence-corrected chi connectivity index (χ4v) is 2.97. The highest BCUT2D eigenvalue weighted by Crippen LogP contribution is 2.24. The normalized spacial score (nSPS) is 16.4. The van der Waals surface area contributed by atoms with E-state index in [1.54, 1.807) is 24.3 Å². The Kier molecular flexibility index (Phi) is 4.84. The molecule has 9 nitrogen and oxygen atoms in total. The summed E-state index contributed by atoms with van der Waals surface area (Å²) in [7, 11) is 1.33. The minimum atomic E-state index is -0.422. The van der Waals surface area contributed by atoms with Crippen molar-refractivity contribution in [2.75, 3.05) is 20.2 Å². The van der Waals surface area contributed by atoms with E-state index >= 15 is 0 Å². The molecule has 2 aromatic heterocycles. The molecule has 4 rings (SSSR count). The zero-order valence-corrected chi connectivity index (χ0v) is 14.8. The molecule has 3 aromatic rings. The molecule has 1 aromatic carbocycles. The first-order chi connectivity index (χ1) is 13.2. The van der Waals surface area contributed by atoms with Crippen molar-refractivity contribution in [3.05, 3.63) is 47.4 Å². The predicted molar refractivity (Wildman–Crippen MR) is 94.2 cm³/mol. The van der Waals surface area contributed by atoms with Crippen molar-refractivity contribution in [1.82, 2.24) is 25.7 Å². The highest BCUT2D eigenvalue weighted by atomic mass is 16.5. The Labute approximate surface area is 155 Å². The number of methoxy groups -OCH3 is 1. The number of carbonyl (C=O) groups excluding carboxylic acids is 1. The molecule has 0 aliphatic carbocycles. The predicted octanol–water partition coefficient (Wildman–Crippen LogP) is 1.90. The lowest BCUT2D eigenvalue weighted by atomic mass is 10.1. The van der Waals surface area contributed by atoms with E-state index in [-0.39, 0.29) is 6.61 Å². The molecule has 1 aliphatic rings. The van der Waals surface area contributed by atoms with Gasteiger partial charge in [0, 0.05) is 18.2 Å². The van der Waals surface area contributed by atoms with Crippen LogP contribution in [0.1, 0.15) is 34.2 Å². The summed E-state index contributed by atoms with van der Waals surface area (Å²) in [4.78, 5) is 15.9. The number of aromatic nitrogens is 4. The average Bonchev–Trinajstić information content (AvgIpc) is 3.46. The van der Waals surface area contributed by atoms with Crippen molar-refractivity contribution in [2.45, 2.75) is 18.9 Å². The van der Waals surface area contributed by atoms with Crippen LogP contribution in [0.3, 0.4) is 0 Å². The molecule has 0 saturated carbocycles. The molecule has 0 spiro atoms. The first-order valence-corrected chi connectivity index (χ1v) is 8.63. The van der Waals surface area contributed by atoms with E-state index in [1.165, 1.54) is 7.11 Å². The maximum atomic E-state index is 11.6. The van der Waals surface area contributed by atoms with Crippen LogP contribution >= 0.6 is 0 Å². The molecule has 0 radical (unpaired) electrons. The van der Waals surface area contributed by atoms with Crippen molar-refractivity contribution >= 4 is 5.97 Å². The monoisotopic (exact) mass is 369 g/mol. The van der Waals surface area contributed by atoms with Gasteiger partial charge in [0.25, 0.3) is 5.89 Å². The summed E-state index contributed by atoms with van der Waals surface area (Å²) in [6, 6.07) is 8.65. The van der Waals surface area contributed by atoms with Crippen LogP contribution in [0.5, 0.6) is 5.75 Å². The molecule has 0 bridgehead atoms. The Morgan fingerprint density at radius 1 is 1.37 bits per heavy atom. The second-order valence-corrected chi connectivity index (χ2v) is 6.22. The number of benzene rings is 1. The van der Waals surface area contributed by atoms with E-state index in [4.69, 9.17) is 14.0 Å². The average molecular weight is 369 g/mol. The Morgan fingerprint density at radius 2 is 2.30 bits per heavy atom. The van der Waals surface area contributed by atoms with E-state index < -0.39 is 5.97 Å². The van der Waals surface area contributed by atoms with Crippen LogP contribution in [-0.2, 0) is 11.3 Å². The molecule has 1 unspecified atom stereocenters. The molecule has 1 saturated heterocycles. The van der Waals surface area contributed by atoms with Gasteiger partial charge in [-0.15, -0.1) is 0 Å². The van der Waals surface area contributed by atoms with Gasteiger partial charge in [-0.3, -0.25) is 5.10 Å². The second-order valence-electron chi connectivity index (χ2n) is 6.22. The van der Waals surface area contributed by atoms with Crippen molar-refractivity contribution in [1.29, 1.82) is 0 Å². The number of esters is 1. The zero-order chi connectivity index (χ0) is 18.6. The topological polar surface area (TPSA) is 115 Å². The number of nitrogens with one attached hydrogen (secondary N) is 2. The van der Waals surface area contributed by atoms with Crippen molar-refractivity contribution < 1.29 is 18.8 Å². The molecule has 2 N–H and O–H groups in total. The number of H-pyrrole nitrogens is 1. The van der Waals surface area contributed by atoms with Crippen LogP contribution < -0.4 is 10.1 Å². The third-order valence-corrected chi connectivity index (χ3v) is 4.41. The van der Waals surface area contributed by atoms with Crippen LogP contribution in [0, 0.1) is 0 Å². The fourth-order valence-electron chi connectivity index (χ4n) is 2.97. The summed E-state index contributed by atoms with van der Waals surface area (Å²) < 4.78 is 15.6. The minimum absolute atomic E-state index is 0.109. The third-order valence-electron chi connectivity index (χ3n) is 4.41. The van der Waals surface area contributed by atoms with Gasteiger partial charge in [-0.05, 0) is 37.2 Å². The minimum Gasteiger partial charge on any atom is -0.485 e. The quantitative estimate of drug-likeness (QED) is 0.633. The van der Waals surface area contributed by atoms with Crippen molar-refractivity contribution in [3.8, 4) is 17.3 Å². The van der Waals surface area contributed by atoms with Gasteiger partial charge in [-0.25, -0.2) is 4.79 Å². The summed E-state index contributed by atoms with van der Waals surface area (Å²) in [5, 5.41) is 14.5. The molecular formula is C18H19N5O4. The standard InChI is InChI=1S/C18H19N5O4/c1-25-18(24)11-3-2-4-13(7-11)26-10-16-20-17(27-23-16)15-8-14(21-22-15)12-5-6-19-9-12/h2-4,7-8,12,19H,5-6,9-10H2,1H3,(H,21,22). The third kappa shape index (κ3) is 3.82. The first kappa shape index (κ1) is 17.2. The summed E-state index contributed by atoms with van der Waals surface area (Å²) in [5.74, 6) is 1.25. The molecule has 1 atom stereocenters. The molecule has 140 valence electrons. The Bertz CT molecular complexity index is 929. The van der Waals surface area contributed by atoms with Gasteiger partial charge in [-0.1, -0.05) is 11.2 Å². The van der Waals surface area contributed by atoms with Crippen LogP contribution in [0.25, 0.3) is 11.6 Å². The molecule has 27 heavy (non-hydrogen) atoms. The molecule has 1 aliphatic heterocycles. The molecule has 1 fully saturated rings. The Hall–Kier alpha value is -3.20. The van der Waals surface area contributed by atoms with Crippen LogP contribution in [0.2, 0.25) is 0 Å². The smallest absolute Gasteiger partial charge is 0.337 e. The van der Waals surface area contributed by atoms with Gasteiger partial charge in [0.1, 0.15) is 5.75 Å². The Morgan fingerprint density at radius 3 is 3.11 bits per heavy atom. The maximum Gasteiger partial charge on any atom is 0.337 e. The highest BCUT2D eigenvalue weighted by Gasteiger charge is 2.21. The van der Waals surface area contributed by atoms with Gasteiger partial charge in [0.2, 0.25) is 5.82 Å². The molecule has 9 heteroatoms.